The SMILES string of the molecule is CC.O=C(O)c1ccc(N2CCN(c3nc4c(c(Nc5cccc(F)c5)n3)S(=O)CC4)CC2)cc1. The van der Waals surface area contributed by atoms with Gasteiger partial charge in [0.2, 0.25) is 5.95 Å². The Hall–Kier alpha value is -3.53. The van der Waals surface area contributed by atoms with Gasteiger partial charge in [0.25, 0.3) is 0 Å². The quantitative estimate of drug-likeness (QED) is 0.544. The lowest BCUT2D eigenvalue weighted by Gasteiger charge is -2.36. The molecule has 2 aliphatic heterocycles. The van der Waals surface area contributed by atoms with E-state index in [4.69, 9.17) is 10.1 Å². The molecule has 1 unspecified atom stereocenters. The number of hydrogen-bond acceptors (Lipinski definition) is 7. The highest BCUT2D eigenvalue weighted by Gasteiger charge is 2.28. The average molecular weight is 498 g/mol. The predicted molar refractivity (Wildman–Crippen MR) is 136 cm³/mol. The van der Waals surface area contributed by atoms with Crippen molar-refractivity contribution in [3.05, 3.63) is 65.6 Å². The maximum Gasteiger partial charge on any atom is 0.335 e. The Labute approximate surface area is 206 Å². The van der Waals surface area contributed by atoms with E-state index in [1.807, 2.05) is 26.0 Å². The zero-order valence-corrected chi connectivity index (χ0v) is 20.5. The number of carboxylic acid groups (broad SMARTS) is 1. The Bertz CT molecular complexity index is 1230. The smallest absolute Gasteiger partial charge is 0.335 e. The van der Waals surface area contributed by atoms with Crippen LogP contribution in [-0.2, 0) is 17.2 Å². The van der Waals surface area contributed by atoms with Gasteiger partial charge in [0.15, 0.2) is 5.82 Å². The van der Waals surface area contributed by atoms with Gasteiger partial charge in [-0.1, -0.05) is 19.9 Å². The third-order valence-electron chi connectivity index (χ3n) is 5.81. The molecule has 184 valence electrons. The van der Waals surface area contributed by atoms with Crippen molar-refractivity contribution in [1.82, 2.24) is 9.97 Å². The Morgan fingerprint density at radius 1 is 1.03 bits per heavy atom. The van der Waals surface area contributed by atoms with E-state index in [2.05, 4.69) is 20.1 Å². The minimum atomic E-state index is -1.19. The zero-order chi connectivity index (χ0) is 24.9. The first kappa shape index (κ1) is 24.6. The number of rotatable bonds is 5. The van der Waals surface area contributed by atoms with E-state index in [1.54, 1.807) is 24.3 Å². The van der Waals surface area contributed by atoms with Gasteiger partial charge in [-0.05, 0) is 42.5 Å². The van der Waals surface area contributed by atoms with Gasteiger partial charge >= 0.3 is 5.97 Å². The molecule has 0 bridgehead atoms. The summed E-state index contributed by atoms with van der Waals surface area (Å²) in [5, 5.41) is 12.2. The molecule has 2 N–H and O–H groups in total. The first-order valence-electron chi connectivity index (χ1n) is 11.6. The molecular formula is C25H28FN5O3S. The van der Waals surface area contributed by atoms with Crippen LogP contribution in [0.4, 0.5) is 27.5 Å². The van der Waals surface area contributed by atoms with Crippen LogP contribution in [0.25, 0.3) is 0 Å². The maximum atomic E-state index is 13.7. The van der Waals surface area contributed by atoms with Gasteiger partial charge in [0.1, 0.15) is 10.7 Å². The number of fused-ring (bicyclic) bond motifs is 1. The standard InChI is InChI=1S/C23H22FN5O3S.C2H6/c24-16-2-1-3-17(14-16)25-21-20-19(8-13-33(20)32)26-23(27-21)29-11-9-28(10-12-29)18-6-4-15(5-7-18)22(30)31;1-2/h1-7,14H,8-13H2,(H,30,31)(H,25,26,27);1-2H3. The van der Waals surface area contributed by atoms with Gasteiger partial charge in [-0.3, -0.25) is 4.21 Å². The zero-order valence-electron chi connectivity index (χ0n) is 19.7. The second-order valence-corrected chi connectivity index (χ2v) is 9.42. The van der Waals surface area contributed by atoms with E-state index >= 15 is 0 Å². The van der Waals surface area contributed by atoms with Crippen molar-refractivity contribution in [1.29, 1.82) is 0 Å². The number of piperazine rings is 1. The number of nitrogens with one attached hydrogen (secondary N) is 1. The summed E-state index contributed by atoms with van der Waals surface area (Å²) in [4.78, 5) is 25.3. The summed E-state index contributed by atoms with van der Waals surface area (Å²) in [6.45, 7) is 6.82. The average Bonchev–Trinajstić information content (AvgIpc) is 3.26. The molecule has 3 heterocycles. The topological polar surface area (TPSA) is 98.7 Å². The van der Waals surface area contributed by atoms with Gasteiger partial charge in [-0.15, -0.1) is 0 Å². The van der Waals surface area contributed by atoms with E-state index in [0.29, 0.717) is 47.6 Å². The van der Waals surface area contributed by atoms with Crippen LogP contribution < -0.4 is 15.1 Å². The molecule has 1 aromatic heterocycles. The fraction of sp³-hybridized carbons (Fsp3) is 0.320. The number of aromatic carboxylic acids is 1. The summed E-state index contributed by atoms with van der Waals surface area (Å²) in [6, 6.07) is 13.0. The molecule has 10 heteroatoms. The molecule has 2 aromatic carbocycles. The number of benzene rings is 2. The second kappa shape index (κ2) is 10.8. The number of carbonyl (C=O) groups is 1. The normalized spacial score (nSPS) is 16.8. The number of aromatic nitrogens is 2. The van der Waals surface area contributed by atoms with Crippen LogP contribution in [0.3, 0.4) is 0 Å². The van der Waals surface area contributed by atoms with Crippen LogP contribution in [0.15, 0.2) is 53.4 Å². The molecule has 2 aliphatic rings. The number of anilines is 4. The van der Waals surface area contributed by atoms with Crippen LogP contribution in [0.1, 0.15) is 29.9 Å². The Kier molecular flexibility index (Phi) is 7.60. The van der Waals surface area contributed by atoms with E-state index in [-0.39, 0.29) is 11.4 Å². The molecule has 1 atom stereocenters. The highest BCUT2D eigenvalue weighted by atomic mass is 32.2. The first-order valence-corrected chi connectivity index (χ1v) is 12.9. The first-order chi connectivity index (χ1) is 17.0. The van der Waals surface area contributed by atoms with Crippen molar-refractivity contribution in [2.24, 2.45) is 0 Å². The van der Waals surface area contributed by atoms with Gasteiger partial charge in [-0.2, -0.15) is 4.98 Å². The minimum absolute atomic E-state index is 0.264. The highest BCUT2D eigenvalue weighted by Crippen LogP contribution is 2.32. The van der Waals surface area contributed by atoms with E-state index < -0.39 is 16.8 Å². The highest BCUT2D eigenvalue weighted by molar-refractivity contribution is 7.85. The Morgan fingerprint density at radius 3 is 2.37 bits per heavy atom. The van der Waals surface area contributed by atoms with Crippen molar-refractivity contribution in [3.63, 3.8) is 0 Å². The largest absolute Gasteiger partial charge is 0.478 e. The maximum absolute atomic E-state index is 13.7. The molecule has 0 radical (unpaired) electrons. The molecule has 35 heavy (non-hydrogen) atoms. The molecular weight excluding hydrogens is 469 g/mol. The molecule has 3 aromatic rings. The van der Waals surface area contributed by atoms with Crippen LogP contribution in [0.5, 0.6) is 0 Å². The summed E-state index contributed by atoms with van der Waals surface area (Å²) in [6.07, 6.45) is 0.616. The van der Waals surface area contributed by atoms with Crippen LogP contribution in [0.2, 0.25) is 0 Å². The Balaban J connectivity index is 0.00000141. The van der Waals surface area contributed by atoms with Crippen molar-refractivity contribution >= 4 is 39.9 Å². The molecule has 8 nitrogen and oxygen atoms in total. The van der Waals surface area contributed by atoms with Crippen molar-refractivity contribution in [2.75, 3.05) is 47.0 Å². The lowest BCUT2D eigenvalue weighted by molar-refractivity contribution is 0.0697. The van der Waals surface area contributed by atoms with Crippen LogP contribution in [0, 0.1) is 5.82 Å². The molecule has 0 spiro atoms. The van der Waals surface area contributed by atoms with Crippen LogP contribution >= 0.6 is 0 Å². The van der Waals surface area contributed by atoms with E-state index in [0.717, 1.165) is 24.5 Å². The molecule has 0 saturated carbocycles. The van der Waals surface area contributed by atoms with Gasteiger partial charge in [-0.25, -0.2) is 14.2 Å². The molecule has 5 rings (SSSR count). The van der Waals surface area contributed by atoms with E-state index in [1.165, 1.54) is 12.1 Å². The molecule has 0 amide bonds. The van der Waals surface area contributed by atoms with Crippen molar-refractivity contribution in [3.8, 4) is 0 Å². The van der Waals surface area contributed by atoms with Gasteiger partial charge in [0.05, 0.1) is 22.1 Å². The van der Waals surface area contributed by atoms with Gasteiger partial charge < -0.3 is 20.2 Å². The molecule has 1 saturated heterocycles. The second-order valence-electron chi connectivity index (χ2n) is 7.91. The number of aryl methyl sites for hydroxylation is 1. The summed E-state index contributed by atoms with van der Waals surface area (Å²) < 4.78 is 26.2. The lowest BCUT2D eigenvalue weighted by atomic mass is 10.2. The summed E-state index contributed by atoms with van der Waals surface area (Å²) >= 11 is 0. The van der Waals surface area contributed by atoms with Crippen molar-refractivity contribution in [2.45, 2.75) is 25.2 Å². The third-order valence-corrected chi connectivity index (χ3v) is 7.26. The number of carboxylic acids is 1. The number of hydrogen-bond donors (Lipinski definition) is 2. The lowest BCUT2D eigenvalue weighted by Crippen LogP contribution is -2.47. The predicted octanol–water partition coefficient (Wildman–Crippen LogP) is 4.07. The minimum Gasteiger partial charge on any atom is -0.478 e. The van der Waals surface area contributed by atoms with Crippen LogP contribution in [-0.4, -0.2) is 57.2 Å². The molecule has 1 fully saturated rings. The van der Waals surface area contributed by atoms with Crippen molar-refractivity contribution < 1.29 is 18.5 Å². The summed E-state index contributed by atoms with van der Waals surface area (Å²) in [7, 11) is -1.19. The molecule has 0 aliphatic carbocycles. The number of nitrogens with zero attached hydrogens (tertiary/aromatic N) is 4. The Morgan fingerprint density at radius 2 is 1.71 bits per heavy atom. The third kappa shape index (κ3) is 5.43. The summed E-state index contributed by atoms with van der Waals surface area (Å²) in [5.41, 5.74) is 2.54. The fourth-order valence-electron chi connectivity index (χ4n) is 4.09. The number of halogens is 1. The monoisotopic (exact) mass is 497 g/mol. The van der Waals surface area contributed by atoms with E-state index in [9.17, 15) is 13.4 Å². The summed E-state index contributed by atoms with van der Waals surface area (Å²) in [5.74, 6) is 0.227. The fourth-order valence-corrected chi connectivity index (χ4v) is 5.40. The van der Waals surface area contributed by atoms with Gasteiger partial charge in [0, 0.05) is 49.7 Å².